The van der Waals surface area contributed by atoms with Crippen molar-refractivity contribution in [1.29, 1.82) is 0 Å². The number of hydrogen-bond acceptors (Lipinski definition) is 5. The van der Waals surface area contributed by atoms with Crippen LogP contribution in [0.1, 0.15) is 32.3 Å². The Morgan fingerprint density at radius 2 is 2.00 bits per heavy atom. The molecule has 0 aliphatic rings. The third-order valence-corrected chi connectivity index (χ3v) is 4.78. The number of ether oxygens (including phenoxy) is 1. The molecule has 0 saturated carbocycles. The number of nitrogens with one attached hydrogen (secondary N) is 1. The number of nitrogens with zero attached hydrogens (tertiary/aromatic N) is 3. The summed E-state index contributed by atoms with van der Waals surface area (Å²) in [5.41, 5.74) is 2.77. The SMILES string of the molecule is CC(C)Oc1ccc(CNC(=O)CCCn2ncn3c(cc4occc43)c2=O)cc1. The van der Waals surface area contributed by atoms with Gasteiger partial charge in [-0.15, -0.1) is 0 Å². The summed E-state index contributed by atoms with van der Waals surface area (Å²) < 4.78 is 14.0. The highest BCUT2D eigenvalue weighted by Gasteiger charge is 2.11. The van der Waals surface area contributed by atoms with Gasteiger partial charge in [0, 0.05) is 31.6 Å². The minimum Gasteiger partial charge on any atom is -0.491 e. The molecule has 3 heterocycles. The predicted octanol–water partition coefficient (Wildman–Crippen LogP) is 3.13. The van der Waals surface area contributed by atoms with Crippen molar-refractivity contribution < 1.29 is 13.9 Å². The van der Waals surface area contributed by atoms with Crippen molar-refractivity contribution >= 4 is 22.5 Å². The molecule has 4 aromatic rings. The summed E-state index contributed by atoms with van der Waals surface area (Å²) in [5.74, 6) is 0.748. The number of amides is 1. The van der Waals surface area contributed by atoms with Gasteiger partial charge in [0.25, 0.3) is 5.56 Å². The Kier molecular flexibility index (Phi) is 5.56. The summed E-state index contributed by atoms with van der Waals surface area (Å²) >= 11 is 0. The van der Waals surface area contributed by atoms with Crippen molar-refractivity contribution in [1.82, 2.24) is 19.5 Å². The number of furan rings is 1. The molecule has 1 amide bonds. The molecule has 4 rings (SSSR count). The maximum absolute atomic E-state index is 12.6. The fraction of sp³-hybridized carbons (Fsp3) is 0.318. The minimum absolute atomic E-state index is 0.0631. The first kappa shape index (κ1) is 19.8. The lowest BCUT2D eigenvalue weighted by atomic mass is 10.2. The Balaban J connectivity index is 1.28. The topological polar surface area (TPSA) is 90.8 Å². The molecule has 1 aromatic carbocycles. The molecule has 0 atom stereocenters. The fourth-order valence-electron chi connectivity index (χ4n) is 3.33. The summed E-state index contributed by atoms with van der Waals surface area (Å²) in [4.78, 5) is 24.7. The number of rotatable bonds is 8. The minimum atomic E-state index is -0.201. The number of carbonyl (C=O) groups excluding carboxylic acids is 1. The Hall–Kier alpha value is -3.55. The summed E-state index contributed by atoms with van der Waals surface area (Å²) in [6.45, 7) is 4.78. The van der Waals surface area contributed by atoms with Gasteiger partial charge in [-0.1, -0.05) is 12.1 Å². The lowest BCUT2D eigenvalue weighted by Gasteiger charge is -2.10. The van der Waals surface area contributed by atoms with Crippen molar-refractivity contribution in [2.45, 2.75) is 45.9 Å². The van der Waals surface area contributed by atoms with Crippen LogP contribution in [0, 0.1) is 0 Å². The molecular weight excluding hydrogens is 384 g/mol. The van der Waals surface area contributed by atoms with Crippen molar-refractivity contribution in [3.63, 3.8) is 0 Å². The first-order valence-corrected chi connectivity index (χ1v) is 9.98. The zero-order valence-electron chi connectivity index (χ0n) is 17.0. The van der Waals surface area contributed by atoms with Crippen molar-refractivity contribution in [3.8, 4) is 5.75 Å². The van der Waals surface area contributed by atoms with Gasteiger partial charge in [0.05, 0.1) is 17.9 Å². The quantitative estimate of drug-likeness (QED) is 0.484. The second-order valence-corrected chi connectivity index (χ2v) is 7.42. The van der Waals surface area contributed by atoms with Crippen LogP contribution < -0.4 is 15.6 Å². The van der Waals surface area contributed by atoms with E-state index < -0.39 is 0 Å². The molecule has 30 heavy (non-hydrogen) atoms. The van der Waals surface area contributed by atoms with Crippen molar-refractivity contribution in [3.05, 3.63) is 64.9 Å². The maximum Gasteiger partial charge on any atom is 0.291 e. The van der Waals surface area contributed by atoms with E-state index in [-0.39, 0.29) is 17.6 Å². The molecule has 0 aliphatic carbocycles. The smallest absolute Gasteiger partial charge is 0.291 e. The van der Waals surface area contributed by atoms with Crippen LogP contribution in [-0.2, 0) is 17.9 Å². The van der Waals surface area contributed by atoms with E-state index in [0.29, 0.717) is 37.0 Å². The van der Waals surface area contributed by atoms with E-state index in [1.807, 2.05) is 38.1 Å². The summed E-state index contributed by atoms with van der Waals surface area (Å²) in [7, 11) is 0. The fourth-order valence-corrected chi connectivity index (χ4v) is 3.33. The van der Waals surface area contributed by atoms with Crippen LogP contribution in [0.15, 0.2) is 58.2 Å². The van der Waals surface area contributed by atoms with Gasteiger partial charge in [0.1, 0.15) is 17.6 Å². The van der Waals surface area contributed by atoms with Gasteiger partial charge in [-0.05, 0) is 38.0 Å². The average molecular weight is 408 g/mol. The molecule has 0 radical (unpaired) electrons. The van der Waals surface area contributed by atoms with Crippen LogP contribution in [0.2, 0.25) is 0 Å². The summed E-state index contributed by atoms with van der Waals surface area (Å²) in [5, 5.41) is 7.11. The van der Waals surface area contributed by atoms with Gasteiger partial charge in [0.15, 0.2) is 5.58 Å². The van der Waals surface area contributed by atoms with Gasteiger partial charge in [0.2, 0.25) is 5.91 Å². The molecule has 1 N–H and O–H groups in total. The number of fused-ring (bicyclic) bond motifs is 3. The zero-order chi connectivity index (χ0) is 21.1. The number of carbonyl (C=O) groups is 1. The molecule has 8 heteroatoms. The predicted molar refractivity (Wildman–Crippen MR) is 113 cm³/mol. The molecule has 0 spiro atoms. The van der Waals surface area contributed by atoms with Gasteiger partial charge < -0.3 is 14.5 Å². The van der Waals surface area contributed by atoms with Crippen molar-refractivity contribution in [2.24, 2.45) is 0 Å². The number of aryl methyl sites for hydroxylation is 1. The average Bonchev–Trinajstić information content (AvgIpc) is 3.31. The number of benzene rings is 1. The zero-order valence-corrected chi connectivity index (χ0v) is 17.0. The Labute approximate surface area is 173 Å². The Morgan fingerprint density at radius 1 is 1.20 bits per heavy atom. The number of hydrogen-bond donors (Lipinski definition) is 1. The van der Waals surface area contributed by atoms with Gasteiger partial charge >= 0.3 is 0 Å². The highest BCUT2D eigenvalue weighted by atomic mass is 16.5. The van der Waals surface area contributed by atoms with Crippen LogP contribution in [-0.4, -0.2) is 26.2 Å². The third kappa shape index (κ3) is 4.22. The van der Waals surface area contributed by atoms with E-state index in [1.165, 1.54) is 4.68 Å². The molecule has 3 aromatic heterocycles. The third-order valence-electron chi connectivity index (χ3n) is 4.78. The summed E-state index contributed by atoms with van der Waals surface area (Å²) in [6.07, 6.45) is 4.14. The van der Waals surface area contributed by atoms with E-state index >= 15 is 0 Å². The first-order valence-electron chi connectivity index (χ1n) is 9.98. The van der Waals surface area contributed by atoms with Gasteiger partial charge in [-0.25, -0.2) is 4.68 Å². The van der Waals surface area contributed by atoms with E-state index in [2.05, 4.69) is 10.4 Å². The maximum atomic E-state index is 12.6. The molecule has 0 bridgehead atoms. The Morgan fingerprint density at radius 3 is 2.77 bits per heavy atom. The van der Waals surface area contributed by atoms with Crippen LogP contribution in [0.25, 0.3) is 16.6 Å². The molecule has 0 aliphatic heterocycles. The van der Waals surface area contributed by atoms with E-state index in [0.717, 1.165) is 16.8 Å². The first-order chi connectivity index (χ1) is 14.5. The van der Waals surface area contributed by atoms with E-state index in [9.17, 15) is 9.59 Å². The van der Waals surface area contributed by atoms with E-state index in [4.69, 9.17) is 9.15 Å². The van der Waals surface area contributed by atoms with Crippen LogP contribution in [0.4, 0.5) is 0 Å². The number of aromatic nitrogens is 3. The Bertz CT molecular complexity index is 1220. The molecule has 156 valence electrons. The standard InChI is InChI=1S/C22H24N4O4/c1-15(2)30-17-7-5-16(6-8-17)13-23-21(27)4-3-10-26-22(28)19-12-20-18(9-11-29-20)25(19)14-24-26/h5-9,11-12,14-15H,3-4,10,13H2,1-2H3,(H,23,27). The normalized spacial score (nSPS) is 11.4. The largest absolute Gasteiger partial charge is 0.491 e. The molecule has 0 fully saturated rings. The lowest BCUT2D eigenvalue weighted by molar-refractivity contribution is -0.121. The second-order valence-electron chi connectivity index (χ2n) is 7.42. The van der Waals surface area contributed by atoms with Crippen molar-refractivity contribution in [2.75, 3.05) is 0 Å². The monoisotopic (exact) mass is 408 g/mol. The highest BCUT2D eigenvalue weighted by molar-refractivity contribution is 5.81. The van der Waals surface area contributed by atoms with Gasteiger partial charge in [-0.2, -0.15) is 5.10 Å². The van der Waals surface area contributed by atoms with Crippen LogP contribution in [0.5, 0.6) is 5.75 Å². The van der Waals surface area contributed by atoms with Crippen LogP contribution >= 0.6 is 0 Å². The lowest BCUT2D eigenvalue weighted by Crippen LogP contribution is -2.26. The van der Waals surface area contributed by atoms with Crippen LogP contribution in [0.3, 0.4) is 0 Å². The second kappa shape index (κ2) is 8.44. The molecule has 0 unspecified atom stereocenters. The van der Waals surface area contributed by atoms with Gasteiger partial charge in [-0.3, -0.25) is 14.0 Å². The van der Waals surface area contributed by atoms with E-state index in [1.54, 1.807) is 29.1 Å². The molecule has 0 saturated heterocycles. The molecular formula is C22H24N4O4. The highest BCUT2D eigenvalue weighted by Crippen LogP contribution is 2.18. The summed E-state index contributed by atoms with van der Waals surface area (Å²) in [6, 6.07) is 11.2. The molecule has 8 nitrogen and oxygen atoms in total.